The van der Waals surface area contributed by atoms with E-state index < -0.39 is 0 Å². The number of nitrogens with zero attached hydrogens (tertiary/aromatic N) is 2. The minimum atomic E-state index is 0.668. The maximum Gasteiger partial charge on any atom is 0.142 e. The molecule has 2 nitrogen and oxygen atoms in total. The van der Waals surface area contributed by atoms with Gasteiger partial charge in [-0.3, -0.25) is 0 Å². The number of rotatable bonds is 2. The maximum absolute atomic E-state index is 5.86. The Morgan fingerprint density at radius 1 is 1.60 bits per heavy atom. The Morgan fingerprint density at radius 3 is 3.00 bits per heavy atom. The van der Waals surface area contributed by atoms with E-state index in [0.29, 0.717) is 5.02 Å². The summed E-state index contributed by atoms with van der Waals surface area (Å²) < 4.78 is 0.977. The summed E-state index contributed by atoms with van der Waals surface area (Å²) in [5.41, 5.74) is 0. The summed E-state index contributed by atoms with van der Waals surface area (Å²) in [6, 6.07) is 1.89. The average Bonchev–Trinajstić information content (AvgIpc) is 2.66. The van der Waals surface area contributed by atoms with Crippen molar-refractivity contribution in [3.05, 3.63) is 21.8 Å². The number of alkyl halides is 1. The predicted molar refractivity (Wildman–Crippen MR) is 71.1 cm³/mol. The third-order valence-electron chi connectivity index (χ3n) is 2.59. The minimum absolute atomic E-state index is 0.668. The lowest BCUT2D eigenvalue weighted by molar-refractivity contribution is 0.675. The lowest BCUT2D eigenvalue weighted by Crippen LogP contribution is -2.21. The van der Waals surface area contributed by atoms with Crippen molar-refractivity contribution in [1.29, 1.82) is 0 Å². The van der Waals surface area contributed by atoms with Gasteiger partial charge in [-0.1, -0.05) is 27.5 Å². The second-order valence-corrected chi connectivity index (χ2v) is 5.65. The highest BCUT2D eigenvalue weighted by Gasteiger charge is 2.23. The molecule has 0 radical (unpaired) electrons. The number of aromatic nitrogens is 1. The molecule has 1 fully saturated rings. The van der Waals surface area contributed by atoms with Gasteiger partial charge in [-0.25, -0.2) is 4.98 Å². The average molecular weight is 354 g/mol. The minimum Gasteiger partial charge on any atom is -0.355 e. The molecule has 1 aliphatic rings. The van der Waals surface area contributed by atoms with E-state index in [4.69, 9.17) is 11.6 Å². The molecule has 15 heavy (non-hydrogen) atoms. The summed E-state index contributed by atoms with van der Waals surface area (Å²) in [5.74, 6) is 1.73. The first-order valence-corrected chi connectivity index (χ1v) is 7.12. The highest BCUT2D eigenvalue weighted by atomic mass is 79.9. The SMILES string of the molecule is Clc1cnc(N2CCC(CBr)C2)c(Br)c1. The molecule has 1 aromatic heterocycles. The van der Waals surface area contributed by atoms with Gasteiger partial charge in [0.2, 0.25) is 0 Å². The van der Waals surface area contributed by atoms with Crippen LogP contribution < -0.4 is 4.90 Å². The molecule has 0 aromatic carbocycles. The second-order valence-electron chi connectivity index (χ2n) is 3.71. The van der Waals surface area contributed by atoms with E-state index in [2.05, 4.69) is 41.7 Å². The fourth-order valence-corrected chi connectivity index (χ4v) is 3.21. The van der Waals surface area contributed by atoms with Gasteiger partial charge in [0.15, 0.2) is 0 Å². The van der Waals surface area contributed by atoms with Crippen LogP contribution in [0.1, 0.15) is 6.42 Å². The standard InChI is InChI=1S/C10H11Br2ClN2/c11-4-7-1-2-15(6-7)10-9(12)3-8(13)5-14-10/h3,5,7H,1-2,4,6H2. The Morgan fingerprint density at radius 2 is 2.40 bits per heavy atom. The molecule has 1 saturated heterocycles. The quantitative estimate of drug-likeness (QED) is 0.753. The number of anilines is 1. The molecule has 2 rings (SSSR count). The Bertz CT molecular complexity index is 359. The van der Waals surface area contributed by atoms with Gasteiger partial charge >= 0.3 is 0 Å². The molecule has 0 spiro atoms. The van der Waals surface area contributed by atoms with E-state index in [-0.39, 0.29) is 0 Å². The van der Waals surface area contributed by atoms with Crippen molar-refractivity contribution >= 4 is 49.3 Å². The molecular formula is C10H11Br2ClN2. The Balaban J connectivity index is 2.17. The van der Waals surface area contributed by atoms with Crippen LogP contribution in [0.3, 0.4) is 0 Å². The zero-order chi connectivity index (χ0) is 10.8. The van der Waals surface area contributed by atoms with E-state index >= 15 is 0 Å². The first-order valence-electron chi connectivity index (χ1n) is 4.82. The lowest BCUT2D eigenvalue weighted by atomic mass is 10.2. The summed E-state index contributed by atoms with van der Waals surface area (Å²) in [7, 11) is 0. The molecule has 0 aliphatic carbocycles. The first kappa shape index (κ1) is 11.7. The highest BCUT2D eigenvalue weighted by Crippen LogP contribution is 2.30. The third-order valence-corrected chi connectivity index (χ3v) is 4.30. The van der Waals surface area contributed by atoms with Crippen LogP contribution in [0.2, 0.25) is 5.02 Å². The largest absolute Gasteiger partial charge is 0.355 e. The zero-order valence-corrected chi connectivity index (χ0v) is 12.0. The molecule has 1 aliphatic heterocycles. The number of hydrogen-bond donors (Lipinski definition) is 0. The molecule has 1 unspecified atom stereocenters. The van der Waals surface area contributed by atoms with Crippen molar-refractivity contribution in [1.82, 2.24) is 4.98 Å². The maximum atomic E-state index is 5.86. The fourth-order valence-electron chi connectivity index (χ4n) is 1.79. The summed E-state index contributed by atoms with van der Waals surface area (Å²) in [4.78, 5) is 6.66. The van der Waals surface area contributed by atoms with Crippen LogP contribution >= 0.6 is 43.5 Å². The third kappa shape index (κ3) is 2.66. The molecule has 82 valence electrons. The van der Waals surface area contributed by atoms with E-state index in [1.165, 1.54) is 6.42 Å². The van der Waals surface area contributed by atoms with Crippen LogP contribution in [-0.2, 0) is 0 Å². The van der Waals surface area contributed by atoms with Crippen LogP contribution in [0, 0.1) is 5.92 Å². The number of halogens is 3. The van der Waals surface area contributed by atoms with Gasteiger partial charge in [0.05, 0.1) is 9.50 Å². The van der Waals surface area contributed by atoms with Crippen LogP contribution in [0.25, 0.3) is 0 Å². The van der Waals surface area contributed by atoms with E-state index in [1.807, 2.05) is 6.07 Å². The lowest BCUT2D eigenvalue weighted by Gasteiger charge is -2.18. The summed E-state index contributed by atoms with van der Waals surface area (Å²) in [6.07, 6.45) is 2.92. The molecule has 0 N–H and O–H groups in total. The normalized spacial score (nSPS) is 21.0. The zero-order valence-electron chi connectivity index (χ0n) is 8.09. The molecular weight excluding hydrogens is 343 g/mol. The van der Waals surface area contributed by atoms with Gasteiger partial charge in [0, 0.05) is 24.6 Å². The van der Waals surface area contributed by atoms with Crippen molar-refractivity contribution in [2.75, 3.05) is 23.3 Å². The van der Waals surface area contributed by atoms with Gasteiger partial charge < -0.3 is 4.90 Å². The van der Waals surface area contributed by atoms with Gasteiger partial charge in [-0.05, 0) is 34.3 Å². The van der Waals surface area contributed by atoms with Crippen LogP contribution in [0.15, 0.2) is 16.7 Å². The smallest absolute Gasteiger partial charge is 0.142 e. The van der Waals surface area contributed by atoms with Gasteiger partial charge in [0.1, 0.15) is 5.82 Å². The Hall–Kier alpha value is 0.200. The number of hydrogen-bond acceptors (Lipinski definition) is 2. The van der Waals surface area contributed by atoms with Gasteiger partial charge in [-0.15, -0.1) is 0 Å². The fraction of sp³-hybridized carbons (Fsp3) is 0.500. The summed E-state index contributed by atoms with van der Waals surface area (Å²) in [6.45, 7) is 2.14. The second kappa shape index (κ2) is 5.02. The van der Waals surface area contributed by atoms with Crippen molar-refractivity contribution in [2.45, 2.75) is 6.42 Å². The van der Waals surface area contributed by atoms with Gasteiger partial charge in [-0.2, -0.15) is 0 Å². The van der Waals surface area contributed by atoms with E-state index in [1.54, 1.807) is 6.20 Å². The number of pyridine rings is 1. The van der Waals surface area contributed by atoms with Crippen molar-refractivity contribution in [3.8, 4) is 0 Å². The van der Waals surface area contributed by atoms with E-state index in [0.717, 1.165) is 34.6 Å². The highest BCUT2D eigenvalue weighted by molar-refractivity contribution is 9.10. The van der Waals surface area contributed by atoms with Crippen LogP contribution in [0.5, 0.6) is 0 Å². The molecule has 0 amide bonds. The van der Waals surface area contributed by atoms with Crippen molar-refractivity contribution in [2.24, 2.45) is 5.92 Å². The molecule has 1 aromatic rings. The Kier molecular flexibility index (Phi) is 3.91. The van der Waals surface area contributed by atoms with Crippen LogP contribution in [-0.4, -0.2) is 23.4 Å². The predicted octanol–water partition coefficient (Wildman–Crippen LogP) is 3.72. The molecule has 0 bridgehead atoms. The monoisotopic (exact) mass is 352 g/mol. The van der Waals surface area contributed by atoms with Gasteiger partial charge in [0.25, 0.3) is 0 Å². The molecule has 1 atom stereocenters. The topological polar surface area (TPSA) is 16.1 Å². The van der Waals surface area contributed by atoms with Crippen molar-refractivity contribution < 1.29 is 0 Å². The van der Waals surface area contributed by atoms with Crippen molar-refractivity contribution in [3.63, 3.8) is 0 Å². The molecule has 2 heterocycles. The molecule has 0 saturated carbocycles. The first-order chi connectivity index (χ1) is 7.20. The summed E-state index contributed by atoms with van der Waals surface area (Å²) in [5, 5.41) is 1.73. The van der Waals surface area contributed by atoms with E-state index in [9.17, 15) is 0 Å². The molecule has 5 heteroatoms. The Labute approximate surface area is 111 Å². The van der Waals surface area contributed by atoms with Crippen LogP contribution in [0.4, 0.5) is 5.82 Å². The summed E-state index contributed by atoms with van der Waals surface area (Å²) >= 11 is 12.9.